The second-order valence-electron chi connectivity index (χ2n) is 8.58. The normalized spacial score (nSPS) is 15.4. The Morgan fingerprint density at radius 2 is 1.79 bits per heavy atom. The molecule has 0 amide bonds. The van der Waals surface area contributed by atoms with E-state index in [-0.39, 0.29) is 16.4 Å². The SMILES string of the molecule is Cc1cc(COc2ccc(S(=O)(=O)CC(C=C3CCC(=O)CC3)NO)cc2)c2ccccc2n1. The second-order valence-corrected chi connectivity index (χ2v) is 10.6. The van der Waals surface area contributed by atoms with Gasteiger partial charge in [0, 0.05) is 29.5 Å². The number of nitrogens with one attached hydrogen (secondary N) is 1. The van der Waals surface area contributed by atoms with Crippen molar-refractivity contribution in [3.63, 3.8) is 0 Å². The van der Waals surface area contributed by atoms with Gasteiger partial charge in [-0.25, -0.2) is 8.42 Å². The predicted molar refractivity (Wildman–Crippen MR) is 130 cm³/mol. The molecular weight excluding hydrogens is 452 g/mol. The summed E-state index contributed by atoms with van der Waals surface area (Å²) in [5.74, 6) is 0.486. The van der Waals surface area contributed by atoms with Crippen molar-refractivity contribution >= 4 is 26.5 Å². The predicted octanol–water partition coefficient (Wildman–Crippen LogP) is 4.31. The standard InChI is InChI=1S/C26H28N2O5S/c1-18-14-20(25-4-2-3-5-26(25)27-18)16-33-23-10-12-24(13-11-23)34(31,32)17-21(28-30)15-19-6-8-22(29)9-7-19/h2-5,10-15,21,28,30H,6-9,16-17H2,1H3. The second kappa shape index (κ2) is 10.5. The zero-order valence-electron chi connectivity index (χ0n) is 19.0. The maximum absolute atomic E-state index is 12.9. The number of pyridine rings is 1. The Bertz CT molecular complexity index is 1300. The highest BCUT2D eigenvalue weighted by molar-refractivity contribution is 7.91. The van der Waals surface area contributed by atoms with E-state index in [0.717, 1.165) is 27.7 Å². The van der Waals surface area contributed by atoms with Gasteiger partial charge in [-0.3, -0.25) is 9.78 Å². The highest BCUT2D eigenvalue weighted by atomic mass is 32.2. The summed E-state index contributed by atoms with van der Waals surface area (Å²) in [5, 5.41) is 10.5. The minimum absolute atomic E-state index is 0.155. The molecular formula is C26H28N2O5S. The number of hydrogen-bond donors (Lipinski definition) is 2. The van der Waals surface area contributed by atoms with Crippen LogP contribution >= 0.6 is 0 Å². The third-order valence-corrected chi connectivity index (χ3v) is 7.75. The minimum atomic E-state index is -3.65. The first-order valence-corrected chi connectivity index (χ1v) is 12.9. The number of fused-ring (bicyclic) bond motifs is 1. The number of carbonyl (C=O) groups is 1. The Labute approximate surface area is 199 Å². The molecule has 34 heavy (non-hydrogen) atoms. The monoisotopic (exact) mass is 480 g/mol. The van der Waals surface area contributed by atoms with Crippen LogP contribution in [0.3, 0.4) is 0 Å². The Morgan fingerprint density at radius 1 is 1.09 bits per heavy atom. The van der Waals surface area contributed by atoms with Gasteiger partial charge in [0.05, 0.1) is 22.2 Å². The van der Waals surface area contributed by atoms with Crippen molar-refractivity contribution in [1.29, 1.82) is 0 Å². The molecule has 0 saturated heterocycles. The van der Waals surface area contributed by atoms with Crippen LogP contribution in [0.25, 0.3) is 10.9 Å². The van der Waals surface area contributed by atoms with Crippen LogP contribution in [0.15, 0.2) is 71.1 Å². The molecule has 0 bridgehead atoms. The fraction of sp³-hybridized carbons (Fsp3) is 0.308. The number of para-hydroxylation sites is 1. The van der Waals surface area contributed by atoms with E-state index in [1.807, 2.05) is 37.3 Å². The van der Waals surface area contributed by atoms with Crippen LogP contribution in [0.5, 0.6) is 5.75 Å². The lowest BCUT2D eigenvalue weighted by molar-refractivity contribution is -0.119. The maximum Gasteiger partial charge on any atom is 0.180 e. The fourth-order valence-electron chi connectivity index (χ4n) is 4.17. The molecule has 1 aliphatic rings. The number of carbonyl (C=O) groups excluding carboxylic acids is 1. The van der Waals surface area contributed by atoms with Crippen molar-refractivity contribution in [2.45, 2.75) is 50.2 Å². The summed E-state index contributed by atoms with van der Waals surface area (Å²) >= 11 is 0. The molecule has 1 aromatic heterocycles. The van der Waals surface area contributed by atoms with Gasteiger partial charge in [-0.1, -0.05) is 29.8 Å². The van der Waals surface area contributed by atoms with E-state index in [9.17, 15) is 18.4 Å². The number of ether oxygens (including phenoxy) is 1. The van der Waals surface area contributed by atoms with Crippen LogP contribution in [0.1, 0.15) is 36.9 Å². The maximum atomic E-state index is 12.9. The van der Waals surface area contributed by atoms with Crippen molar-refractivity contribution in [2.75, 3.05) is 5.75 Å². The molecule has 0 radical (unpaired) electrons. The minimum Gasteiger partial charge on any atom is -0.489 e. The van der Waals surface area contributed by atoms with E-state index in [0.29, 0.717) is 38.0 Å². The topological polar surface area (TPSA) is 106 Å². The lowest BCUT2D eigenvalue weighted by atomic mass is 9.93. The zero-order chi connectivity index (χ0) is 24.1. The summed E-state index contributed by atoms with van der Waals surface area (Å²) in [6, 6.07) is 15.4. The number of sulfone groups is 1. The number of aryl methyl sites for hydroxylation is 1. The summed E-state index contributed by atoms with van der Waals surface area (Å²) < 4.78 is 31.7. The van der Waals surface area contributed by atoms with E-state index >= 15 is 0 Å². The van der Waals surface area contributed by atoms with Gasteiger partial charge in [0.2, 0.25) is 0 Å². The highest BCUT2D eigenvalue weighted by Gasteiger charge is 2.21. The zero-order valence-corrected chi connectivity index (χ0v) is 19.8. The van der Waals surface area contributed by atoms with Crippen LogP contribution in [0.2, 0.25) is 0 Å². The number of Topliss-reactive ketones (excluding diaryl/α,β-unsaturated/α-hetero) is 1. The third-order valence-electron chi connectivity index (χ3n) is 5.96. The summed E-state index contributed by atoms with van der Waals surface area (Å²) in [4.78, 5) is 16.1. The molecule has 1 aliphatic carbocycles. The van der Waals surface area contributed by atoms with Gasteiger partial charge >= 0.3 is 0 Å². The van der Waals surface area contributed by atoms with Gasteiger partial charge in [-0.15, -0.1) is 0 Å². The van der Waals surface area contributed by atoms with Gasteiger partial charge in [0.15, 0.2) is 9.84 Å². The molecule has 1 atom stereocenters. The molecule has 2 aromatic carbocycles. The molecule has 0 spiro atoms. The number of rotatable bonds is 8. The molecule has 1 heterocycles. The lowest BCUT2D eigenvalue weighted by Crippen LogP contribution is -2.32. The summed E-state index contributed by atoms with van der Waals surface area (Å²) in [6.07, 6.45) is 3.87. The number of benzene rings is 2. The number of hydroxylamine groups is 1. The van der Waals surface area contributed by atoms with E-state index < -0.39 is 15.9 Å². The smallest absolute Gasteiger partial charge is 0.180 e. The first-order valence-electron chi connectivity index (χ1n) is 11.3. The Hall–Kier alpha value is -3.07. The van der Waals surface area contributed by atoms with Crippen molar-refractivity contribution in [1.82, 2.24) is 10.5 Å². The summed E-state index contributed by atoms with van der Waals surface area (Å²) in [6.45, 7) is 2.27. The summed E-state index contributed by atoms with van der Waals surface area (Å²) in [7, 11) is -3.65. The molecule has 4 rings (SSSR count). The van der Waals surface area contributed by atoms with E-state index in [1.54, 1.807) is 18.2 Å². The third kappa shape index (κ3) is 5.88. The van der Waals surface area contributed by atoms with Crippen LogP contribution in [-0.2, 0) is 21.2 Å². The number of aromatic nitrogens is 1. The largest absolute Gasteiger partial charge is 0.489 e. The van der Waals surface area contributed by atoms with Gasteiger partial charge in [-0.2, -0.15) is 5.48 Å². The summed E-state index contributed by atoms with van der Waals surface area (Å²) in [5.41, 5.74) is 5.89. The van der Waals surface area contributed by atoms with E-state index in [4.69, 9.17) is 4.74 Å². The number of allylic oxidation sites excluding steroid dienone is 1. The van der Waals surface area contributed by atoms with Crippen molar-refractivity contribution in [3.8, 4) is 5.75 Å². The average molecular weight is 481 g/mol. The van der Waals surface area contributed by atoms with E-state index in [2.05, 4.69) is 10.5 Å². The first-order chi connectivity index (χ1) is 16.3. The highest BCUT2D eigenvalue weighted by Crippen LogP contribution is 2.24. The quantitative estimate of drug-likeness (QED) is 0.365. The Kier molecular flexibility index (Phi) is 7.41. The Morgan fingerprint density at radius 3 is 2.50 bits per heavy atom. The van der Waals surface area contributed by atoms with Crippen molar-refractivity contribution in [2.24, 2.45) is 0 Å². The first kappa shape index (κ1) is 24.1. The molecule has 0 aliphatic heterocycles. The number of ketones is 1. The molecule has 1 fully saturated rings. The average Bonchev–Trinajstić information content (AvgIpc) is 2.83. The van der Waals surface area contributed by atoms with Gasteiger partial charge in [0.25, 0.3) is 0 Å². The van der Waals surface area contributed by atoms with Crippen LogP contribution < -0.4 is 10.2 Å². The van der Waals surface area contributed by atoms with Gasteiger partial charge in [0.1, 0.15) is 18.1 Å². The molecule has 8 heteroatoms. The molecule has 1 unspecified atom stereocenters. The molecule has 1 saturated carbocycles. The number of hydrogen-bond acceptors (Lipinski definition) is 7. The molecule has 178 valence electrons. The van der Waals surface area contributed by atoms with Crippen LogP contribution in [0.4, 0.5) is 0 Å². The fourth-order valence-corrected chi connectivity index (χ4v) is 5.56. The Balaban J connectivity index is 1.42. The molecule has 7 nitrogen and oxygen atoms in total. The van der Waals surface area contributed by atoms with E-state index in [1.165, 1.54) is 12.1 Å². The van der Waals surface area contributed by atoms with Crippen molar-refractivity contribution < 1.29 is 23.2 Å². The molecule has 3 aromatic rings. The number of nitrogens with zero attached hydrogens (tertiary/aromatic N) is 1. The van der Waals surface area contributed by atoms with Crippen LogP contribution in [-0.4, -0.2) is 36.2 Å². The molecule has 2 N–H and O–H groups in total. The van der Waals surface area contributed by atoms with Gasteiger partial charge < -0.3 is 9.94 Å². The lowest BCUT2D eigenvalue weighted by Gasteiger charge is -2.17. The van der Waals surface area contributed by atoms with Crippen molar-refractivity contribution in [3.05, 3.63) is 77.5 Å². The van der Waals surface area contributed by atoms with Crippen LogP contribution in [0, 0.1) is 6.92 Å². The van der Waals surface area contributed by atoms with Gasteiger partial charge in [-0.05, 0) is 56.2 Å².